The quantitative estimate of drug-likeness (QED) is 0.504. The van der Waals surface area contributed by atoms with Gasteiger partial charge in [-0.2, -0.15) is 0 Å². The minimum Gasteiger partial charge on any atom is -0.394 e. The van der Waals surface area contributed by atoms with E-state index in [9.17, 15) is 19.5 Å². The minimum absolute atomic E-state index is 0.0489. The van der Waals surface area contributed by atoms with E-state index in [2.05, 4.69) is 0 Å². The molecule has 43 heavy (non-hydrogen) atoms. The number of amides is 3. The second-order valence-electron chi connectivity index (χ2n) is 13.1. The molecule has 0 unspecified atom stereocenters. The molecule has 1 N–H and O–H groups in total. The van der Waals surface area contributed by atoms with Gasteiger partial charge < -0.3 is 24.5 Å². The topological polar surface area (TPSA) is 90.4 Å². The Morgan fingerprint density at radius 1 is 1.07 bits per heavy atom. The van der Waals surface area contributed by atoms with Crippen LogP contribution in [0.5, 0.6) is 0 Å². The normalized spacial score (nSPS) is 29.2. The van der Waals surface area contributed by atoms with Crippen molar-refractivity contribution in [2.45, 2.75) is 89.3 Å². The SMILES string of the molecule is C[C@H]1[C@H](C(C)(C)F)[C@@H](CC(=O)N2CCC[C@H]2CO)O[C@]12C(=O)N(Cc1ccc(N3CCCCC3=O)cc1)c1ccccc12. The Morgan fingerprint density at radius 3 is 2.51 bits per heavy atom. The summed E-state index contributed by atoms with van der Waals surface area (Å²) in [6.45, 7) is 6.32. The van der Waals surface area contributed by atoms with Gasteiger partial charge in [-0.15, -0.1) is 0 Å². The average Bonchev–Trinajstić information content (AvgIpc) is 3.64. The predicted octanol–water partition coefficient (Wildman–Crippen LogP) is 4.72. The molecule has 5 atom stereocenters. The molecule has 9 heteroatoms. The van der Waals surface area contributed by atoms with Crippen molar-refractivity contribution < 1.29 is 28.6 Å². The molecule has 0 aliphatic carbocycles. The standard InChI is InChI=1S/C34H42FN3O5/c1-22-31(33(2,3)35)28(19-30(41)37-18-8-9-25(37)21-39)43-34(22)26-10-4-5-11-27(26)38(32(34)42)20-23-13-15-24(16-14-23)36-17-7-6-12-29(36)40/h4-5,10-11,13-16,22,25,28,31,39H,6-9,12,17-21H2,1-3H3/t22-,25-,28+,31-,34+/m0/s1. The van der Waals surface area contributed by atoms with Crippen LogP contribution in [0.1, 0.15) is 70.4 Å². The first kappa shape index (κ1) is 29.8. The molecule has 0 radical (unpaired) electrons. The van der Waals surface area contributed by atoms with Crippen molar-refractivity contribution in [1.29, 1.82) is 0 Å². The molecule has 230 valence electrons. The molecule has 3 fully saturated rings. The van der Waals surface area contributed by atoms with Crippen LogP contribution in [0.15, 0.2) is 48.5 Å². The lowest BCUT2D eigenvalue weighted by Gasteiger charge is -2.33. The van der Waals surface area contributed by atoms with Crippen LogP contribution in [0.2, 0.25) is 0 Å². The highest BCUT2D eigenvalue weighted by molar-refractivity contribution is 6.07. The first-order valence-electron chi connectivity index (χ1n) is 15.6. The van der Waals surface area contributed by atoms with Crippen molar-refractivity contribution in [3.8, 4) is 0 Å². The van der Waals surface area contributed by atoms with E-state index in [4.69, 9.17) is 4.74 Å². The van der Waals surface area contributed by atoms with E-state index in [1.165, 1.54) is 13.8 Å². The van der Waals surface area contributed by atoms with Gasteiger partial charge in [-0.1, -0.05) is 37.3 Å². The first-order valence-corrected chi connectivity index (χ1v) is 15.6. The summed E-state index contributed by atoms with van der Waals surface area (Å²) in [6, 6.07) is 15.0. The lowest BCUT2D eigenvalue weighted by molar-refractivity contribution is -0.150. The Bertz CT molecular complexity index is 1390. The van der Waals surface area contributed by atoms with Crippen molar-refractivity contribution >= 4 is 29.1 Å². The number of anilines is 2. The Hall–Kier alpha value is -3.30. The number of rotatable bonds is 7. The molecule has 3 saturated heterocycles. The zero-order valence-corrected chi connectivity index (χ0v) is 25.3. The highest BCUT2D eigenvalue weighted by Crippen LogP contribution is 2.58. The monoisotopic (exact) mass is 591 g/mol. The molecular weight excluding hydrogens is 549 g/mol. The molecule has 4 aliphatic rings. The summed E-state index contributed by atoms with van der Waals surface area (Å²) in [5.74, 6) is -1.54. The van der Waals surface area contributed by atoms with E-state index in [-0.39, 0.29) is 36.8 Å². The first-order chi connectivity index (χ1) is 20.6. The van der Waals surface area contributed by atoms with Gasteiger partial charge in [-0.3, -0.25) is 14.4 Å². The number of hydrogen-bond donors (Lipinski definition) is 1. The number of carbonyl (C=O) groups is 3. The highest BCUT2D eigenvalue weighted by atomic mass is 19.1. The molecule has 6 rings (SSSR count). The third-order valence-electron chi connectivity index (χ3n) is 10.1. The van der Waals surface area contributed by atoms with Gasteiger partial charge in [-0.05, 0) is 63.3 Å². The van der Waals surface area contributed by atoms with E-state index < -0.39 is 29.2 Å². The summed E-state index contributed by atoms with van der Waals surface area (Å²) in [6.07, 6.45) is 3.16. The van der Waals surface area contributed by atoms with Crippen molar-refractivity contribution in [2.75, 3.05) is 29.5 Å². The van der Waals surface area contributed by atoms with Crippen LogP contribution in [0.4, 0.5) is 15.8 Å². The molecule has 2 aromatic rings. The van der Waals surface area contributed by atoms with Crippen LogP contribution < -0.4 is 9.80 Å². The van der Waals surface area contributed by atoms with Gasteiger partial charge in [0.2, 0.25) is 11.8 Å². The second-order valence-corrected chi connectivity index (χ2v) is 13.1. The lowest BCUT2D eigenvalue weighted by Crippen LogP contribution is -2.45. The highest BCUT2D eigenvalue weighted by Gasteiger charge is 2.66. The van der Waals surface area contributed by atoms with Gasteiger partial charge in [0.05, 0.1) is 37.4 Å². The molecule has 8 nitrogen and oxygen atoms in total. The fraction of sp³-hybridized carbons (Fsp3) is 0.559. The van der Waals surface area contributed by atoms with Gasteiger partial charge in [-0.25, -0.2) is 4.39 Å². The summed E-state index contributed by atoms with van der Waals surface area (Å²) in [4.78, 5) is 45.6. The zero-order chi connectivity index (χ0) is 30.5. The number of likely N-dealkylation sites (tertiary alicyclic amines) is 1. The molecule has 3 amide bonds. The summed E-state index contributed by atoms with van der Waals surface area (Å²) in [7, 11) is 0. The summed E-state index contributed by atoms with van der Waals surface area (Å²) >= 11 is 0. The number of aliphatic hydroxyl groups excluding tert-OH is 1. The van der Waals surface area contributed by atoms with Crippen LogP contribution in [0.3, 0.4) is 0 Å². The fourth-order valence-corrected chi connectivity index (χ4v) is 8.04. The van der Waals surface area contributed by atoms with Crippen molar-refractivity contribution in [3.63, 3.8) is 0 Å². The molecule has 2 aromatic carbocycles. The maximum Gasteiger partial charge on any atom is 0.264 e. The molecule has 0 aromatic heterocycles. The summed E-state index contributed by atoms with van der Waals surface area (Å²) in [5, 5.41) is 9.77. The molecule has 4 aliphatic heterocycles. The van der Waals surface area contributed by atoms with Crippen LogP contribution in [-0.2, 0) is 31.3 Å². The lowest BCUT2D eigenvalue weighted by atomic mass is 9.71. The molecule has 0 saturated carbocycles. The molecule has 1 spiro atoms. The van der Waals surface area contributed by atoms with Gasteiger partial charge in [0, 0.05) is 42.6 Å². The van der Waals surface area contributed by atoms with E-state index in [0.717, 1.165) is 42.6 Å². The van der Waals surface area contributed by atoms with Crippen LogP contribution in [0, 0.1) is 11.8 Å². The number of piperidine rings is 1. The van der Waals surface area contributed by atoms with Crippen molar-refractivity contribution in [1.82, 2.24) is 4.90 Å². The Kier molecular flexibility index (Phi) is 7.84. The maximum atomic E-state index is 16.0. The molecule has 0 bridgehead atoms. The number of para-hydroxylation sites is 1. The predicted molar refractivity (Wildman–Crippen MR) is 161 cm³/mol. The van der Waals surface area contributed by atoms with Crippen LogP contribution >= 0.6 is 0 Å². The number of benzene rings is 2. The van der Waals surface area contributed by atoms with Gasteiger partial charge in [0.15, 0.2) is 5.60 Å². The van der Waals surface area contributed by atoms with Gasteiger partial charge >= 0.3 is 0 Å². The molecular formula is C34H42FN3O5. The van der Waals surface area contributed by atoms with Crippen LogP contribution in [-0.4, -0.2) is 65.2 Å². The number of halogens is 1. The largest absolute Gasteiger partial charge is 0.394 e. The number of carbonyl (C=O) groups excluding carboxylic acids is 3. The minimum atomic E-state index is -1.71. The number of fused-ring (bicyclic) bond motifs is 2. The Morgan fingerprint density at radius 2 is 1.81 bits per heavy atom. The van der Waals surface area contributed by atoms with E-state index in [0.29, 0.717) is 31.6 Å². The number of aliphatic hydroxyl groups is 1. The Balaban J connectivity index is 1.29. The summed E-state index contributed by atoms with van der Waals surface area (Å²) < 4.78 is 22.7. The van der Waals surface area contributed by atoms with E-state index in [1.54, 1.807) is 9.80 Å². The third kappa shape index (κ3) is 5.04. The number of alkyl halides is 1. The number of ether oxygens (including phenoxy) is 1. The maximum absolute atomic E-state index is 16.0. The van der Waals surface area contributed by atoms with Crippen LogP contribution in [0.25, 0.3) is 0 Å². The molecule has 4 heterocycles. The van der Waals surface area contributed by atoms with Gasteiger partial charge in [0.1, 0.15) is 5.67 Å². The number of nitrogens with zero attached hydrogens (tertiary/aromatic N) is 3. The summed E-state index contributed by atoms with van der Waals surface area (Å²) in [5.41, 5.74) is 0.0417. The third-order valence-corrected chi connectivity index (χ3v) is 10.1. The van der Waals surface area contributed by atoms with Crippen molar-refractivity contribution in [2.24, 2.45) is 11.8 Å². The smallest absolute Gasteiger partial charge is 0.264 e. The fourth-order valence-electron chi connectivity index (χ4n) is 8.04. The Labute approximate surface area is 252 Å². The van der Waals surface area contributed by atoms with E-state index >= 15 is 4.39 Å². The number of hydrogen-bond acceptors (Lipinski definition) is 5. The second kappa shape index (κ2) is 11.3. The van der Waals surface area contributed by atoms with Gasteiger partial charge in [0.25, 0.3) is 5.91 Å². The van der Waals surface area contributed by atoms with E-state index in [1.807, 2.05) is 60.4 Å². The van der Waals surface area contributed by atoms with Crippen molar-refractivity contribution in [3.05, 3.63) is 59.7 Å². The average molecular weight is 592 g/mol. The zero-order valence-electron chi connectivity index (χ0n) is 25.3.